The first-order valence-corrected chi connectivity index (χ1v) is 11.0. The quantitative estimate of drug-likeness (QED) is 0.421. The minimum atomic E-state index is -0.641. The monoisotopic (exact) mass is 484 g/mol. The lowest BCUT2D eigenvalue weighted by molar-refractivity contribution is 0.0600. The molecule has 8 heteroatoms. The van der Waals surface area contributed by atoms with Crippen LogP contribution >= 0.6 is 11.6 Å². The van der Waals surface area contributed by atoms with E-state index in [0.717, 1.165) is 28.9 Å². The van der Waals surface area contributed by atoms with Crippen molar-refractivity contribution in [1.82, 2.24) is 0 Å². The summed E-state index contributed by atoms with van der Waals surface area (Å²) in [4.78, 5) is 24.6. The van der Waals surface area contributed by atoms with Crippen LogP contribution in [-0.4, -0.2) is 19.0 Å². The molecule has 5 nitrogen and oxygen atoms in total. The molecule has 2 N–H and O–H groups in total. The van der Waals surface area contributed by atoms with Gasteiger partial charge in [-0.2, -0.15) is 0 Å². The Morgan fingerprint density at radius 1 is 1.09 bits per heavy atom. The highest BCUT2D eigenvalue weighted by Crippen LogP contribution is 2.45. The van der Waals surface area contributed by atoms with Gasteiger partial charge in [-0.25, -0.2) is 13.6 Å². The minimum Gasteiger partial charge on any atom is -0.465 e. The third-order valence-corrected chi connectivity index (χ3v) is 6.31. The van der Waals surface area contributed by atoms with Crippen LogP contribution in [0.2, 0.25) is 5.02 Å². The van der Waals surface area contributed by atoms with E-state index in [9.17, 15) is 18.4 Å². The number of anilines is 2. The maximum atomic E-state index is 14.6. The summed E-state index contributed by atoms with van der Waals surface area (Å²) in [5.74, 6) is -2.22. The molecule has 1 atom stereocenters. The molecule has 3 aromatic carbocycles. The zero-order chi connectivity index (χ0) is 24.6. The van der Waals surface area contributed by atoms with E-state index in [4.69, 9.17) is 16.3 Å². The molecule has 0 saturated carbocycles. The van der Waals surface area contributed by atoms with Crippen molar-refractivity contribution >= 4 is 34.9 Å². The van der Waals surface area contributed by atoms with Crippen LogP contribution in [0.5, 0.6) is 0 Å². The van der Waals surface area contributed by atoms with Crippen molar-refractivity contribution in [1.29, 1.82) is 0 Å². The Hall–Kier alpha value is -3.45. The van der Waals surface area contributed by atoms with Crippen LogP contribution in [0, 0.1) is 17.0 Å². The summed E-state index contributed by atoms with van der Waals surface area (Å²) < 4.78 is 32.7. The number of amides is 1. The molecule has 1 aliphatic heterocycles. The third-order valence-electron chi connectivity index (χ3n) is 6.00. The molecular weight excluding hydrogens is 462 g/mol. The van der Waals surface area contributed by atoms with Gasteiger partial charge in [-0.05, 0) is 71.5 Å². The van der Waals surface area contributed by atoms with Gasteiger partial charge in [0.25, 0.3) is 5.91 Å². The van der Waals surface area contributed by atoms with E-state index in [-0.39, 0.29) is 27.7 Å². The van der Waals surface area contributed by atoms with Crippen molar-refractivity contribution in [3.05, 3.63) is 93.5 Å². The first-order valence-electron chi connectivity index (χ1n) is 10.6. The molecule has 3 aromatic rings. The van der Waals surface area contributed by atoms with Gasteiger partial charge in [0.05, 0.1) is 35.0 Å². The molecular formula is C26H23ClF2N2O3. The maximum Gasteiger partial charge on any atom is 0.337 e. The van der Waals surface area contributed by atoms with Crippen molar-refractivity contribution in [3.8, 4) is 0 Å². The normalized spacial score (nSPS) is 16.2. The highest BCUT2D eigenvalue weighted by Gasteiger charge is 2.36. The van der Waals surface area contributed by atoms with Crippen molar-refractivity contribution in [3.63, 3.8) is 0 Å². The molecule has 0 spiro atoms. The summed E-state index contributed by atoms with van der Waals surface area (Å²) in [5, 5.41) is 5.96. The standard InChI is InChI=1S/C26H23ClF2N2O3/c1-26(2)13-16-10-15(25(33)34-3)5-9-21(16)30-23(26)14-4-8-20(29)22(11-14)31-24(32)18-7-6-17(28)12-19(18)27/h4-12,23,30H,13H2,1-3H3,(H,31,32). The van der Waals surface area contributed by atoms with Crippen molar-refractivity contribution in [2.24, 2.45) is 5.41 Å². The predicted octanol–water partition coefficient (Wildman–Crippen LogP) is 6.39. The summed E-state index contributed by atoms with van der Waals surface area (Å²) in [7, 11) is 1.34. The van der Waals surface area contributed by atoms with Gasteiger partial charge >= 0.3 is 5.97 Å². The Morgan fingerprint density at radius 2 is 1.85 bits per heavy atom. The van der Waals surface area contributed by atoms with E-state index in [1.165, 1.54) is 19.2 Å². The Balaban J connectivity index is 1.63. The van der Waals surface area contributed by atoms with Crippen LogP contribution in [0.25, 0.3) is 0 Å². The number of hydrogen-bond acceptors (Lipinski definition) is 4. The molecule has 1 unspecified atom stereocenters. The lowest BCUT2D eigenvalue weighted by Crippen LogP contribution is -2.35. The number of fused-ring (bicyclic) bond motifs is 1. The van der Waals surface area contributed by atoms with Crippen LogP contribution in [-0.2, 0) is 11.2 Å². The fourth-order valence-electron chi connectivity index (χ4n) is 4.29. The highest BCUT2D eigenvalue weighted by molar-refractivity contribution is 6.34. The number of ether oxygens (including phenoxy) is 1. The smallest absolute Gasteiger partial charge is 0.337 e. The van der Waals surface area contributed by atoms with E-state index in [0.29, 0.717) is 12.0 Å². The Morgan fingerprint density at radius 3 is 2.56 bits per heavy atom. The predicted molar refractivity (Wildman–Crippen MR) is 127 cm³/mol. The van der Waals surface area contributed by atoms with Gasteiger partial charge in [0.15, 0.2) is 0 Å². The van der Waals surface area contributed by atoms with Crippen LogP contribution < -0.4 is 10.6 Å². The molecule has 176 valence electrons. The largest absolute Gasteiger partial charge is 0.465 e. The topological polar surface area (TPSA) is 67.4 Å². The molecule has 1 aliphatic rings. The second-order valence-corrected chi connectivity index (χ2v) is 9.33. The van der Waals surface area contributed by atoms with Gasteiger partial charge in [-0.3, -0.25) is 4.79 Å². The molecule has 1 heterocycles. The minimum absolute atomic E-state index is 0.00710. The van der Waals surface area contributed by atoms with E-state index in [1.54, 1.807) is 18.2 Å². The lowest BCUT2D eigenvalue weighted by Gasteiger charge is -2.41. The van der Waals surface area contributed by atoms with Crippen molar-refractivity contribution in [2.75, 3.05) is 17.7 Å². The Labute approximate surface area is 201 Å². The first kappa shape index (κ1) is 23.7. The fourth-order valence-corrected chi connectivity index (χ4v) is 4.54. The van der Waals surface area contributed by atoms with Gasteiger partial charge in [0.1, 0.15) is 11.6 Å². The maximum absolute atomic E-state index is 14.6. The molecule has 0 bridgehead atoms. The summed E-state index contributed by atoms with van der Waals surface area (Å²) in [6, 6.07) is 13.1. The second-order valence-electron chi connectivity index (χ2n) is 8.92. The number of carbonyl (C=O) groups is 2. The number of benzene rings is 3. The van der Waals surface area contributed by atoms with Gasteiger partial charge in [0, 0.05) is 5.69 Å². The molecule has 0 radical (unpaired) electrons. The summed E-state index contributed by atoms with van der Waals surface area (Å²) in [6.07, 6.45) is 0.662. The summed E-state index contributed by atoms with van der Waals surface area (Å²) in [5.41, 5.74) is 2.82. The van der Waals surface area contributed by atoms with E-state index < -0.39 is 23.5 Å². The number of rotatable bonds is 4. The molecule has 4 rings (SSSR count). The Kier molecular flexibility index (Phi) is 6.32. The number of nitrogens with one attached hydrogen (secondary N) is 2. The highest BCUT2D eigenvalue weighted by atomic mass is 35.5. The van der Waals surface area contributed by atoms with Crippen LogP contribution in [0.3, 0.4) is 0 Å². The Bertz CT molecular complexity index is 1290. The number of esters is 1. The van der Waals surface area contributed by atoms with E-state index in [2.05, 4.69) is 24.5 Å². The number of halogens is 3. The van der Waals surface area contributed by atoms with Crippen LogP contribution in [0.4, 0.5) is 20.2 Å². The zero-order valence-electron chi connectivity index (χ0n) is 18.8. The molecule has 1 amide bonds. The van der Waals surface area contributed by atoms with Gasteiger partial charge in [0.2, 0.25) is 0 Å². The number of methoxy groups -OCH3 is 1. The second kappa shape index (κ2) is 9.06. The van der Waals surface area contributed by atoms with E-state index >= 15 is 0 Å². The van der Waals surface area contributed by atoms with Crippen molar-refractivity contribution < 1.29 is 23.1 Å². The summed E-state index contributed by atoms with van der Waals surface area (Å²) in [6.45, 7) is 4.14. The molecule has 0 aromatic heterocycles. The third kappa shape index (κ3) is 4.61. The zero-order valence-corrected chi connectivity index (χ0v) is 19.6. The number of carbonyl (C=O) groups excluding carboxylic acids is 2. The van der Waals surface area contributed by atoms with Crippen LogP contribution in [0.15, 0.2) is 54.6 Å². The summed E-state index contributed by atoms with van der Waals surface area (Å²) >= 11 is 5.98. The number of hydrogen-bond donors (Lipinski definition) is 2. The SMILES string of the molecule is COC(=O)c1ccc2c(c1)CC(C)(C)C(c1ccc(F)c(NC(=O)c3ccc(F)cc3Cl)c1)N2. The van der Waals surface area contributed by atoms with Gasteiger partial charge < -0.3 is 15.4 Å². The molecule has 34 heavy (non-hydrogen) atoms. The molecule has 0 saturated heterocycles. The average molecular weight is 485 g/mol. The molecule has 0 fully saturated rings. The lowest BCUT2D eigenvalue weighted by atomic mass is 9.72. The van der Waals surface area contributed by atoms with Crippen molar-refractivity contribution in [2.45, 2.75) is 26.3 Å². The van der Waals surface area contributed by atoms with Crippen LogP contribution in [0.1, 0.15) is 51.7 Å². The van der Waals surface area contributed by atoms with Gasteiger partial charge in [-0.15, -0.1) is 0 Å². The fraction of sp³-hybridized carbons (Fsp3) is 0.231. The van der Waals surface area contributed by atoms with E-state index in [1.807, 2.05) is 12.1 Å². The van der Waals surface area contributed by atoms with Gasteiger partial charge in [-0.1, -0.05) is 31.5 Å². The average Bonchev–Trinajstić information content (AvgIpc) is 2.78. The molecule has 0 aliphatic carbocycles. The first-order chi connectivity index (χ1) is 16.1.